The van der Waals surface area contributed by atoms with Crippen LogP contribution in [0.25, 0.3) is 0 Å². The fourth-order valence-corrected chi connectivity index (χ4v) is 2.32. The first-order valence-electron chi connectivity index (χ1n) is 6.78. The van der Waals surface area contributed by atoms with E-state index in [-0.39, 0.29) is 22.2 Å². The zero-order chi connectivity index (χ0) is 15.4. The Morgan fingerprint density at radius 1 is 1.43 bits per heavy atom. The topological polar surface area (TPSA) is 79.8 Å². The van der Waals surface area contributed by atoms with Crippen LogP contribution >= 0.6 is 12.2 Å². The van der Waals surface area contributed by atoms with Crippen molar-refractivity contribution in [3.05, 3.63) is 40.7 Å². The highest BCUT2D eigenvalue weighted by atomic mass is 32.1. The Kier molecular flexibility index (Phi) is 4.57. The SMILES string of the molecule is CCc1cc(NC(=S)/C(C#N)=C(\O)C2CC2)ccc1C#N. The molecule has 0 spiro atoms. The number of nitrogens with one attached hydrogen (secondary N) is 1. The molecule has 0 atom stereocenters. The van der Waals surface area contributed by atoms with Crippen LogP contribution in [0.5, 0.6) is 0 Å². The third-order valence-electron chi connectivity index (χ3n) is 3.42. The molecule has 1 saturated carbocycles. The van der Waals surface area contributed by atoms with Gasteiger partial charge in [-0.1, -0.05) is 19.1 Å². The van der Waals surface area contributed by atoms with Gasteiger partial charge in [-0.3, -0.25) is 0 Å². The number of hydrogen-bond donors (Lipinski definition) is 2. The quantitative estimate of drug-likeness (QED) is 0.384. The highest BCUT2D eigenvalue weighted by Crippen LogP contribution is 2.36. The van der Waals surface area contributed by atoms with Gasteiger partial charge in [-0.15, -0.1) is 0 Å². The molecule has 2 rings (SSSR count). The first-order chi connectivity index (χ1) is 10.1. The highest BCUT2D eigenvalue weighted by Gasteiger charge is 2.29. The maximum Gasteiger partial charge on any atom is 0.125 e. The lowest BCUT2D eigenvalue weighted by Gasteiger charge is -2.10. The fraction of sp³-hybridized carbons (Fsp3) is 0.312. The minimum atomic E-state index is 0.0755. The van der Waals surface area contributed by atoms with Crippen LogP contribution in [0.4, 0.5) is 5.69 Å². The first-order valence-corrected chi connectivity index (χ1v) is 7.19. The number of allylic oxidation sites excluding steroid dienone is 1. The molecule has 0 radical (unpaired) electrons. The van der Waals surface area contributed by atoms with Crippen molar-refractivity contribution < 1.29 is 5.11 Å². The molecule has 0 aliphatic heterocycles. The van der Waals surface area contributed by atoms with Crippen LogP contribution in [0.15, 0.2) is 29.5 Å². The van der Waals surface area contributed by atoms with Gasteiger partial charge in [-0.25, -0.2) is 0 Å². The molecular formula is C16H15N3OS. The lowest BCUT2D eigenvalue weighted by molar-refractivity contribution is 0.377. The fourth-order valence-electron chi connectivity index (χ4n) is 2.05. The molecule has 1 aromatic carbocycles. The van der Waals surface area contributed by atoms with Crippen LogP contribution < -0.4 is 5.32 Å². The summed E-state index contributed by atoms with van der Waals surface area (Å²) < 4.78 is 0. The number of aliphatic hydroxyl groups excluding tert-OH is 1. The summed E-state index contributed by atoms with van der Waals surface area (Å²) in [6, 6.07) is 9.42. The summed E-state index contributed by atoms with van der Waals surface area (Å²) in [5.41, 5.74) is 2.40. The molecule has 0 heterocycles. The molecule has 0 saturated heterocycles. The number of thiocarbonyl (C=S) groups is 1. The molecule has 1 aliphatic rings. The van der Waals surface area contributed by atoms with Gasteiger partial charge >= 0.3 is 0 Å². The van der Waals surface area contributed by atoms with Crippen molar-refractivity contribution in [3.63, 3.8) is 0 Å². The van der Waals surface area contributed by atoms with Crippen LogP contribution in [0.1, 0.15) is 30.9 Å². The molecule has 106 valence electrons. The van der Waals surface area contributed by atoms with Gasteiger partial charge in [0.2, 0.25) is 0 Å². The normalized spacial score (nSPS) is 14.6. The summed E-state index contributed by atoms with van der Waals surface area (Å²) in [7, 11) is 0. The van der Waals surface area contributed by atoms with Crippen molar-refractivity contribution in [2.45, 2.75) is 26.2 Å². The van der Waals surface area contributed by atoms with Gasteiger partial charge in [0.1, 0.15) is 22.4 Å². The maximum absolute atomic E-state index is 9.97. The van der Waals surface area contributed by atoms with Gasteiger partial charge in [0, 0.05) is 11.6 Å². The first kappa shape index (κ1) is 15.0. The molecule has 0 aromatic heterocycles. The molecule has 1 aliphatic carbocycles. The molecule has 0 unspecified atom stereocenters. The third kappa shape index (κ3) is 3.39. The van der Waals surface area contributed by atoms with Crippen LogP contribution in [-0.2, 0) is 6.42 Å². The average Bonchev–Trinajstić information content (AvgIpc) is 3.32. The molecule has 4 nitrogen and oxygen atoms in total. The Morgan fingerprint density at radius 2 is 2.14 bits per heavy atom. The molecule has 1 fully saturated rings. The third-order valence-corrected chi connectivity index (χ3v) is 3.73. The van der Waals surface area contributed by atoms with Crippen molar-refractivity contribution >= 4 is 22.9 Å². The number of anilines is 1. The Hall–Kier alpha value is -2.37. The van der Waals surface area contributed by atoms with E-state index in [2.05, 4.69) is 11.4 Å². The number of aryl methyl sites for hydroxylation is 1. The predicted molar refractivity (Wildman–Crippen MR) is 84.7 cm³/mol. The van der Waals surface area contributed by atoms with E-state index >= 15 is 0 Å². The number of aliphatic hydroxyl groups is 1. The molecule has 0 bridgehead atoms. The Labute approximate surface area is 129 Å². The molecule has 0 amide bonds. The van der Waals surface area contributed by atoms with Gasteiger partial charge in [0.05, 0.1) is 11.6 Å². The summed E-state index contributed by atoms with van der Waals surface area (Å²) in [4.78, 5) is 0.216. The van der Waals surface area contributed by atoms with Crippen molar-refractivity contribution in [1.82, 2.24) is 0 Å². The number of hydrogen-bond acceptors (Lipinski definition) is 4. The van der Waals surface area contributed by atoms with E-state index in [1.807, 2.05) is 19.1 Å². The van der Waals surface area contributed by atoms with Crippen LogP contribution in [0.2, 0.25) is 0 Å². The largest absolute Gasteiger partial charge is 0.511 e. The van der Waals surface area contributed by atoms with Crippen LogP contribution in [0.3, 0.4) is 0 Å². The zero-order valence-corrected chi connectivity index (χ0v) is 12.5. The number of rotatable bonds is 4. The minimum Gasteiger partial charge on any atom is -0.511 e. The van der Waals surface area contributed by atoms with E-state index in [0.717, 1.165) is 24.8 Å². The van der Waals surface area contributed by atoms with Gasteiger partial charge < -0.3 is 10.4 Å². The number of benzene rings is 1. The second-order valence-electron chi connectivity index (χ2n) is 4.94. The van der Waals surface area contributed by atoms with Crippen molar-refractivity contribution in [2.75, 3.05) is 5.32 Å². The summed E-state index contributed by atoms with van der Waals surface area (Å²) >= 11 is 5.20. The molecule has 21 heavy (non-hydrogen) atoms. The monoisotopic (exact) mass is 297 g/mol. The van der Waals surface area contributed by atoms with Gasteiger partial charge in [0.15, 0.2) is 0 Å². The second kappa shape index (κ2) is 6.39. The predicted octanol–water partition coefficient (Wildman–Crippen LogP) is 3.61. The molecular weight excluding hydrogens is 282 g/mol. The van der Waals surface area contributed by atoms with E-state index in [0.29, 0.717) is 11.3 Å². The smallest absolute Gasteiger partial charge is 0.125 e. The Balaban J connectivity index is 2.22. The van der Waals surface area contributed by atoms with Gasteiger partial charge in [-0.05, 0) is 43.0 Å². The highest BCUT2D eigenvalue weighted by molar-refractivity contribution is 7.81. The van der Waals surface area contributed by atoms with Crippen molar-refractivity contribution in [1.29, 1.82) is 10.5 Å². The van der Waals surface area contributed by atoms with E-state index in [4.69, 9.17) is 22.7 Å². The minimum absolute atomic E-state index is 0.0755. The Bertz CT molecular complexity index is 690. The molecule has 2 N–H and O–H groups in total. The van der Waals surface area contributed by atoms with Gasteiger partial charge in [-0.2, -0.15) is 10.5 Å². The van der Waals surface area contributed by atoms with E-state index in [1.54, 1.807) is 12.1 Å². The van der Waals surface area contributed by atoms with Crippen molar-refractivity contribution in [2.24, 2.45) is 5.92 Å². The summed E-state index contributed by atoms with van der Waals surface area (Å²) in [6.45, 7) is 1.97. The summed E-state index contributed by atoms with van der Waals surface area (Å²) in [5, 5.41) is 31.1. The van der Waals surface area contributed by atoms with Crippen LogP contribution in [0, 0.1) is 28.6 Å². The number of nitrogens with zero attached hydrogens (tertiary/aromatic N) is 2. The summed E-state index contributed by atoms with van der Waals surface area (Å²) in [5.74, 6) is 0.158. The molecule has 5 heteroatoms. The lowest BCUT2D eigenvalue weighted by Crippen LogP contribution is -2.14. The second-order valence-corrected chi connectivity index (χ2v) is 5.35. The van der Waals surface area contributed by atoms with Crippen LogP contribution in [-0.4, -0.2) is 10.1 Å². The molecule has 1 aromatic rings. The lowest BCUT2D eigenvalue weighted by atomic mass is 10.1. The maximum atomic E-state index is 9.97. The van der Waals surface area contributed by atoms with Crippen molar-refractivity contribution in [3.8, 4) is 12.1 Å². The average molecular weight is 297 g/mol. The summed E-state index contributed by atoms with van der Waals surface area (Å²) in [6.07, 6.45) is 2.53. The standard InChI is InChI=1S/C16H15N3OS/c1-2-10-7-13(6-5-12(10)8-17)19-16(21)14(9-18)15(20)11-3-4-11/h5-7,11,20H,2-4H2,1H3,(H,19,21)/b15-14-. The van der Waals surface area contributed by atoms with E-state index in [1.165, 1.54) is 0 Å². The Morgan fingerprint density at radius 3 is 2.67 bits per heavy atom. The van der Waals surface area contributed by atoms with E-state index < -0.39 is 0 Å². The van der Waals surface area contributed by atoms with E-state index in [9.17, 15) is 5.11 Å². The van der Waals surface area contributed by atoms with Gasteiger partial charge in [0.25, 0.3) is 0 Å². The number of nitriles is 2. The zero-order valence-electron chi connectivity index (χ0n) is 11.7.